The molecule has 0 aliphatic carbocycles. The maximum atomic E-state index is 9.63. The van der Waals surface area contributed by atoms with E-state index in [4.69, 9.17) is 0 Å². The van der Waals surface area contributed by atoms with Gasteiger partial charge < -0.3 is 399 Å². The predicted molar refractivity (Wildman–Crippen MR) is 346 cm³/mol. The van der Waals surface area contributed by atoms with E-state index in [0.717, 1.165) is 31.9 Å². The van der Waals surface area contributed by atoms with Gasteiger partial charge in [0.25, 0.3) is 0 Å². The zero-order valence-corrected chi connectivity index (χ0v) is 99.9. The van der Waals surface area contributed by atoms with Gasteiger partial charge in [0.1, 0.15) is 157 Å². The number of nitrogens with two attached hydrogens (primary N) is 12. The Morgan fingerprint density at radius 2 is 0.188 bits per heavy atom. The average molecular weight is 3460 g/mol. The molecule has 0 spiro atoms. The molecule has 852 valence electrons. The van der Waals surface area contributed by atoms with E-state index in [1.54, 1.807) is 0 Å². The molecule has 30 N–H and O–H groups in total. The second-order valence-electron chi connectivity index (χ2n) is 21.9. The van der Waals surface area contributed by atoms with Crippen LogP contribution in [0.2, 0.25) is 0 Å². The van der Waals surface area contributed by atoms with Crippen molar-refractivity contribution in [1.29, 1.82) is 0 Å². The van der Waals surface area contributed by atoms with Crippen molar-refractivity contribution in [3.05, 3.63) is 0 Å². The Hall–Kier alpha value is -7.61. The van der Waals surface area contributed by atoms with Crippen LogP contribution >= 0.6 is 0 Å². The number of aliphatic carboxylic acids is 24. The first-order valence-corrected chi connectivity index (χ1v) is 35.3. The van der Waals surface area contributed by atoms with Crippen molar-refractivity contribution in [2.24, 2.45) is 0 Å². The normalized spacial score (nSPS) is 9.67. The number of carbonyl (C=O) groups is 24. The van der Waals surface area contributed by atoms with Crippen molar-refractivity contribution in [1.82, 2.24) is 31.9 Å². The molecule has 144 heavy (non-hydrogen) atoms. The number of piperazine rings is 3. The number of hydrogen-bond donors (Lipinski definition) is 18. The predicted octanol–water partition coefficient (Wildman–Crippen LogP) is -63.3. The van der Waals surface area contributed by atoms with Gasteiger partial charge in [-0.05, 0) is 0 Å². The van der Waals surface area contributed by atoms with E-state index in [9.17, 15) is 238 Å². The molecule has 84 heteroatoms. The van der Waals surface area contributed by atoms with E-state index >= 15 is 0 Å². The van der Waals surface area contributed by atoms with Gasteiger partial charge in [-0.2, -0.15) is 0 Å². The molecule has 3 rings (SSSR count). The quantitative estimate of drug-likeness (QED) is 0.0269. The van der Waals surface area contributed by atoms with Crippen LogP contribution in [0.4, 0.5) is 0 Å². The summed E-state index contributed by atoms with van der Waals surface area (Å²) in [6.45, 7) is 6.19. The summed E-state index contributed by atoms with van der Waals surface area (Å²) >= 11 is 0. The molecule has 3 fully saturated rings. The van der Waals surface area contributed by atoms with Gasteiger partial charge in [0.05, 0.1) is 143 Å². The van der Waals surface area contributed by atoms with Crippen LogP contribution in [0.15, 0.2) is 0 Å². The first-order valence-electron chi connectivity index (χ1n) is 35.3. The minimum absolute atomic E-state index is 0. The van der Waals surface area contributed by atoms with Gasteiger partial charge in [0.15, 0.2) is 0 Å². The summed E-state index contributed by atoms with van der Waals surface area (Å²) in [4.78, 5) is 231. The molecule has 3 aliphatic rings. The van der Waals surface area contributed by atoms with Gasteiger partial charge in [0, 0.05) is 265 Å². The molecular formula is C60H102N18O60U6-36. The van der Waals surface area contributed by atoms with Gasteiger partial charge in [-0.1, -0.05) is 0 Å². The van der Waals surface area contributed by atoms with Crippen LogP contribution in [0.25, 0.3) is 0 Å². The topological polar surface area (TPSA) is 1580 Å². The van der Waals surface area contributed by atoms with Gasteiger partial charge in [-0.25, -0.2) is 0 Å². The van der Waals surface area contributed by atoms with Crippen molar-refractivity contribution in [2.75, 3.05) is 236 Å². The van der Waals surface area contributed by atoms with Gasteiger partial charge in [-0.3, -0.25) is 0 Å². The van der Waals surface area contributed by atoms with Crippen LogP contribution < -0.4 is 218 Å². The fourth-order valence-electron chi connectivity index (χ4n) is 5.73. The molecule has 0 unspecified atom stereocenters. The van der Waals surface area contributed by atoms with E-state index in [1.165, 1.54) is 78.5 Å². The first kappa shape index (κ1) is 221. The molecule has 0 aromatic rings. The van der Waals surface area contributed by atoms with E-state index in [0.29, 0.717) is 0 Å². The van der Waals surface area contributed by atoms with Crippen LogP contribution in [0, 0.1) is 187 Å². The SMILES string of the molecule is C1C[NH2+]CC[NH2+]1.C1C[NH2+]CC[NH2+]1.C1C[NH2+]CC[NH2+]1.O=C([O-])CNCC(=O)[O-].O=C([O-])CNCC(=O)[O-].O=C([O-])CNCC(=O)[O-].O=C([O-])CNCC(=O)[O-].O=C([O-])CNCC(=O)[O-].O=C([O-])CNCC(=O)[O-].O=C([O-])C[NH2+]CC(=O)[O-].O=C([O-])C[NH2+]CC(=O)[O-].O=C([O-])C[NH2+]CC(=O)[O-].O=C([O-])C[NH2+]CC(=O)[O-].O=C([O-])C[NH2+]CC(=O)[O-].O=C([O-])C[NH2+]CC(=O)[O-].[O-2].[O-2].[O-2].[O-2].[O-2].[O-2].[O-2].[O-2].[O-2].[O-2].[O-2].[O-2].[U].[U].[U].[U].[U].[U]. The van der Waals surface area contributed by atoms with Gasteiger partial charge >= 0.3 is 0 Å². The summed E-state index contributed by atoms with van der Waals surface area (Å²) in [5.41, 5.74) is 0. The zero-order valence-electron chi connectivity index (χ0n) is 74.9. The Bertz CT molecular complexity index is 2270. The maximum Gasteiger partial charge on any atom is 0.125 e. The van der Waals surface area contributed by atoms with Crippen molar-refractivity contribution in [3.8, 4) is 0 Å². The molecule has 0 atom stereocenters. The first-order chi connectivity index (χ1) is 58.5. The van der Waals surface area contributed by atoms with Crippen LogP contribution in [-0.4, -0.2) is 379 Å². The van der Waals surface area contributed by atoms with E-state index in [-0.39, 0.29) is 331 Å². The van der Waals surface area contributed by atoms with Crippen LogP contribution in [0.5, 0.6) is 0 Å². The van der Waals surface area contributed by atoms with Crippen LogP contribution in [-0.2, 0) is 181 Å². The molecule has 0 aromatic heterocycles. The Kier molecular flexibility index (Phi) is 268. The standard InChI is InChI=1S/3C4H10N2.12C4H7NO4.12O.6U/c3*1-2-6-4-3-5-1;12*6-3(7)1-5-2-4(8)9;;;;;;;;;;;;;;;;;;/h3*5-6H,1-4H2;12*5H,1-2H2,(H,6,7)(H,8,9);;;;;;;;;;;;;;;;;;/q;;;;;;;;;;;;;;;12*-2;;;;;;/p-12. The molecule has 3 heterocycles. The molecule has 0 bridgehead atoms. The number of quaternary nitrogens is 12. The fraction of sp³-hybridized carbons (Fsp3) is 0.600. The molecule has 0 radical (unpaired) electrons. The fourth-order valence-corrected chi connectivity index (χ4v) is 5.73. The largest absolute Gasteiger partial charge is 2.00 e. The number of carboxylic acids is 24. The van der Waals surface area contributed by atoms with Crippen molar-refractivity contribution in [3.63, 3.8) is 0 Å². The maximum absolute atomic E-state index is 9.63. The van der Waals surface area contributed by atoms with Crippen LogP contribution in [0.3, 0.4) is 0 Å². The third kappa shape index (κ3) is 352. The summed E-state index contributed by atoms with van der Waals surface area (Å²) in [6, 6.07) is 0. The van der Waals surface area contributed by atoms with E-state index < -0.39 is 222 Å². The minimum Gasteiger partial charge on any atom is -2.00 e. The Morgan fingerprint density at radius 1 is 0.132 bits per heavy atom. The minimum atomic E-state index is -1.34. The smallest absolute Gasteiger partial charge is 0.125 e. The molecule has 0 amide bonds. The monoisotopic (exact) mass is 3460 g/mol. The third-order valence-electron chi connectivity index (χ3n) is 10.4. The van der Waals surface area contributed by atoms with E-state index in [2.05, 4.69) is 63.8 Å². The third-order valence-corrected chi connectivity index (χ3v) is 10.4. The summed E-state index contributed by atoms with van der Waals surface area (Å²) in [7, 11) is 0. The summed E-state index contributed by atoms with van der Waals surface area (Å²) in [5.74, 6) is -31.4. The summed E-state index contributed by atoms with van der Waals surface area (Å²) < 4.78 is 0. The number of carboxylic acid groups (broad SMARTS) is 24. The van der Waals surface area contributed by atoms with Crippen molar-refractivity contribution in [2.45, 2.75) is 0 Å². The number of nitrogens with one attached hydrogen (secondary N) is 6. The number of hydrogen-bond acceptors (Lipinski definition) is 54. The van der Waals surface area contributed by atoms with Gasteiger partial charge in [0.2, 0.25) is 0 Å². The molecular weight excluding hydrogens is 3360 g/mol. The second-order valence-corrected chi connectivity index (χ2v) is 21.9. The van der Waals surface area contributed by atoms with E-state index in [1.807, 2.05) is 0 Å². The molecule has 3 aliphatic heterocycles. The Labute approximate surface area is 955 Å². The number of rotatable bonds is 48. The zero-order chi connectivity index (χ0) is 100. The van der Waals surface area contributed by atoms with Gasteiger partial charge in [-0.15, -0.1) is 0 Å². The molecule has 3 saturated heterocycles. The summed E-state index contributed by atoms with van der Waals surface area (Å²) in [5, 5.41) is 264. The average Bonchev–Trinajstić information content (AvgIpc) is 1.19. The number of carbonyl (C=O) groups excluding carboxylic acids is 24. The molecule has 0 saturated carbocycles. The second kappa shape index (κ2) is 174. The molecule has 0 aromatic carbocycles. The van der Waals surface area contributed by atoms with Crippen molar-refractivity contribution >= 4 is 143 Å². The Morgan fingerprint density at radius 3 is 0.222 bits per heavy atom. The summed E-state index contributed by atoms with van der Waals surface area (Å²) in [6.07, 6.45) is 0. The van der Waals surface area contributed by atoms with Crippen LogP contribution in [0.1, 0.15) is 0 Å². The molecule has 78 nitrogen and oxygen atoms in total. The van der Waals surface area contributed by atoms with Crippen molar-refractivity contribution < 1.29 is 554 Å². The Balaban J connectivity index is -0.0000000343.